The maximum absolute atomic E-state index is 10.3. The van der Waals surface area contributed by atoms with Gasteiger partial charge in [0, 0.05) is 12.5 Å². The molecule has 0 amide bonds. The van der Waals surface area contributed by atoms with E-state index in [1.165, 1.54) is 51.4 Å². The Bertz CT molecular complexity index is 686. The van der Waals surface area contributed by atoms with E-state index < -0.39 is 0 Å². The third kappa shape index (κ3) is 2.61. The van der Waals surface area contributed by atoms with Crippen LogP contribution in [0.15, 0.2) is 0 Å². The van der Waals surface area contributed by atoms with E-state index in [4.69, 9.17) is 4.74 Å². The largest absolute Gasteiger partial charge is 0.393 e. The number of aliphatic hydroxyl groups excluding tert-OH is 1. The molecule has 2 saturated heterocycles. The van der Waals surface area contributed by atoms with Crippen LogP contribution in [0.25, 0.3) is 0 Å². The van der Waals surface area contributed by atoms with Crippen molar-refractivity contribution in [3.05, 3.63) is 0 Å². The van der Waals surface area contributed by atoms with Crippen LogP contribution in [0.5, 0.6) is 0 Å². The second-order valence-electron chi connectivity index (χ2n) is 13.3. The smallest absolute Gasteiger partial charge is 0.122 e. The van der Waals surface area contributed by atoms with Crippen molar-refractivity contribution >= 4 is 0 Å². The molecule has 12 atom stereocenters. The molecule has 5 unspecified atom stereocenters. The van der Waals surface area contributed by atoms with Crippen LogP contribution in [0.3, 0.4) is 0 Å². The van der Waals surface area contributed by atoms with Gasteiger partial charge in [0.15, 0.2) is 0 Å². The van der Waals surface area contributed by atoms with Crippen LogP contribution in [-0.4, -0.2) is 29.6 Å². The quantitative estimate of drug-likeness (QED) is 0.559. The summed E-state index contributed by atoms with van der Waals surface area (Å²) in [6, 6.07) is 0. The number of fused-ring (bicyclic) bond motifs is 7. The maximum Gasteiger partial charge on any atom is 0.122 e. The van der Waals surface area contributed by atoms with Gasteiger partial charge < -0.3 is 9.84 Å². The lowest BCUT2D eigenvalue weighted by Crippen LogP contribution is -2.57. The van der Waals surface area contributed by atoms with E-state index in [0.717, 1.165) is 54.9 Å². The van der Waals surface area contributed by atoms with Crippen LogP contribution < -0.4 is 5.32 Å². The summed E-state index contributed by atoms with van der Waals surface area (Å²) in [5.74, 6) is 5.57. The minimum absolute atomic E-state index is 0.0319. The van der Waals surface area contributed by atoms with E-state index in [0.29, 0.717) is 22.9 Å². The van der Waals surface area contributed by atoms with Gasteiger partial charge in [0.05, 0.1) is 12.2 Å². The predicted molar refractivity (Wildman–Crippen MR) is 120 cm³/mol. The fourth-order valence-corrected chi connectivity index (χ4v) is 10.4. The van der Waals surface area contributed by atoms with Crippen LogP contribution in [0, 0.1) is 52.3 Å². The number of piperidine rings is 1. The van der Waals surface area contributed by atoms with Crippen molar-refractivity contribution in [1.29, 1.82) is 0 Å². The third-order valence-corrected chi connectivity index (χ3v) is 12.1. The topological polar surface area (TPSA) is 41.5 Å². The molecule has 0 radical (unpaired) electrons. The lowest BCUT2D eigenvalue weighted by molar-refractivity contribution is -0.140. The molecule has 2 aliphatic heterocycles. The molecule has 1 spiro atoms. The highest BCUT2D eigenvalue weighted by Gasteiger charge is 2.68. The molecule has 3 nitrogen and oxygen atoms in total. The molecular formula is C27H45NO2. The molecule has 6 fully saturated rings. The zero-order valence-electron chi connectivity index (χ0n) is 19.8. The van der Waals surface area contributed by atoms with Crippen molar-refractivity contribution in [2.24, 2.45) is 52.3 Å². The Morgan fingerprint density at radius 3 is 2.43 bits per heavy atom. The first-order chi connectivity index (χ1) is 14.3. The summed E-state index contributed by atoms with van der Waals surface area (Å²) >= 11 is 0. The Kier molecular flexibility index (Phi) is 4.58. The fourth-order valence-electron chi connectivity index (χ4n) is 10.4. The van der Waals surface area contributed by atoms with Gasteiger partial charge in [-0.25, -0.2) is 0 Å². The molecule has 6 rings (SSSR count). The van der Waals surface area contributed by atoms with E-state index >= 15 is 0 Å². The first kappa shape index (κ1) is 20.5. The minimum atomic E-state index is -0.0320. The molecule has 4 aliphatic carbocycles. The molecule has 0 aromatic carbocycles. The molecule has 6 aliphatic rings. The summed E-state index contributed by atoms with van der Waals surface area (Å²) in [6.07, 6.45) is 13.2. The zero-order chi connectivity index (χ0) is 20.9. The van der Waals surface area contributed by atoms with Crippen LogP contribution in [0.1, 0.15) is 91.9 Å². The number of aliphatic hydroxyl groups is 1. The SMILES string of the molecule is C[C@H]1CC[C@]2(NC1)OC1CC3[C@@H]4CCC5C[C@@H](O)CC[C@]5(C)C4CC[C@]3(C)C1[C@@H]2C. The summed E-state index contributed by atoms with van der Waals surface area (Å²) in [5.41, 5.74) is 0.919. The van der Waals surface area contributed by atoms with Gasteiger partial charge in [-0.1, -0.05) is 27.7 Å². The van der Waals surface area contributed by atoms with Gasteiger partial charge >= 0.3 is 0 Å². The minimum Gasteiger partial charge on any atom is -0.393 e. The summed E-state index contributed by atoms with van der Waals surface area (Å²) in [4.78, 5) is 0. The number of hydrogen-bond acceptors (Lipinski definition) is 3. The molecule has 0 bridgehead atoms. The van der Waals surface area contributed by atoms with Crippen molar-refractivity contribution in [2.45, 2.75) is 110 Å². The Hall–Kier alpha value is -0.120. The van der Waals surface area contributed by atoms with Crippen molar-refractivity contribution in [2.75, 3.05) is 6.54 Å². The van der Waals surface area contributed by atoms with Gasteiger partial charge in [0.2, 0.25) is 0 Å². The summed E-state index contributed by atoms with van der Waals surface area (Å²) in [6.45, 7) is 11.3. The summed E-state index contributed by atoms with van der Waals surface area (Å²) in [5, 5.41) is 14.2. The molecule has 2 N–H and O–H groups in total. The molecule has 170 valence electrons. The Labute approximate surface area is 184 Å². The number of nitrogens with one attached hydrogen (secondary N) is 1. The van der Waals surface area contributed by atoms with Crippen molar-refractivity contribution in [1.82, 2.24) is 5.32 Å². The van der Waals surface area contributed by atoms with Gasteiger partial charge in [0.1, 0.15) is 5.72 Å². The highest BCUT2D eigenvalue weighted by molar-refractivity contribution is 5.16. The molecule has 4 saturated carbocycles. The molecule has 0 aromatic heterocycles. The number of rotatable bonds is 0. The van der Waals surface area contributed by atoms with Crippen LogP contribution in [0.4, 0.5) is 0 Å². The molecule has 30 heavy (non-hydrogen) atoms. The lowest BCUT2D eigenvalue weighted by atomic mass is 9.44. The van der Waals surface area contributed by atoms with E-state index in [1.807, 2.05) is 0 Å². The van der Waals surface area contributed by atoms with Gasteiger partial charge in [0.25, 0.3) is 0 Å². The second kappa shape index (κ2) is 6.70. The molecule has 0 aromatic rings. The first-order valence-corrected chi connectivity index (χ1v) is 13.4. The molecule has 3 heteroatoms. The Morgan fingerprint density at radius 2 is 1.67 bits per heavy atom. The van der Waals surface area contributed by atoms with Gasteiger partial charge in [-0.2, -0.15) is 0 Å². The average Bonchev–Trinajstić information content (AvgIpc) is 3.16. The average molecular weight is 416 g/mol. The van der Waals surface area contributed by atoms with Crippen LogP contribution >= 0.6 is 0 Å². The van der Waals surface area contributed by atoms with E-state index in [-0.39, 0.29) is 11.8 Å². The van der Waals surface area contributed by atoms with Crippen molar-refractivity contribution < 1.29 is 9.84 Å². The van der Waals surface area contributed by atoms with Crippen LogP contribution in [-0.2, 0) is 4.74 Å². The maximum atomic E-state index is 10.3. The lowest BCUT2D eigenvalue weighted by Gasteiger charge is -2.61. The van der Waals surface area contributed by atoms with Crippen LogP contribution in [0.2, 0.25) is 0 Å². The van der Waals surface area contributed by atoms with Gasteiger partial charge in [-0.3, -0.25) is 5.32 Å². The van der Waals surface area contributed by atoms with E-state index in [1.54, 1.807) is 0 Å². The normalized spacial score (nSPS) is 62.5. The first-order valence-electron chi connectivity index (χ1n) is 13.4. The number of ether oxygens (including phenoxy) is 1. The summed E-state index contributed by atoms with van der Waals surface area (Å²) < 4.78 is 7.01. The molecule has 2 heterocycles. The fraction of sp³-hybridized carbons (Fsp3) is 1.00. The standard InChI is InChI=1S/C27H45NO2/c1-16-7-12-27(28-15-16)17(2)24-23(30-27)14-22-20-6-5-18-13-19(29)8-10-25(18,3)21(20)9-11-26(22,24)4/h16-24,28-29H,5-15H2,1-4H3/t16-,17-,18?,19-,20+,21?,22?,23?,24?,25-,26-,27-/m0/s1. The zero-order valence-corrected chi connectivity index (χ0v) is 19.8. The van der Waals surface area contributed by atoms with E-state index in [2.05, 4.69) is 33.0 Å². The number of hydrogen-bond donors (Lipinski definition) is 2. The molecular weight excluding hydrogens is 370 g/mol. The van der Waals surface area contributed by atoms with Crippen molar-refractivity contribution in [3.8, 4) is 0 Å². The second-order valence-corrected chi connectivity index (χ2v) is 13.3. The van der Waals surface area contributed by atoms with E-state index in [9.17, 15) is 5.11 Å². The summed E-state index contributed by atoms with van der Waals surface area (Å²) in [7, 11) is 0. The Morgan fingerprint density at radius 1 is 0.867 bits per heavy atom. The van der Waals surface area contributed by atoms with Crippen molar-refractivity contribution in [3.63, 3.8) is 0 Å². The highest BCUT2D eigenvalue weighted by Crippen LogP contribution is 2.71. The third-order valence-electron chi connectivity index (χ3n) is 12.1. The van der Waals surface area contributed by atoms with Gasteiger partial charge in [-0.15, -0.1) is 0 Å². The highest BCUT2D eigenvalue weighted by atomic mass is 16.5. The Balaban J connectivity index is 1.26. The van der Waals surface area contributed by atoms with Gasteiger partial charge in [-0.05, 0) is 111 Å². The monoisotopic (exact) mass is 415 g/mol. The predicted octanol–water partition coefficient (Wildman–Crippen LogP) is 5.37.